The van der Waals surface area contributed by atoms with E-state index < -0.39 is 0 Å². The molecule has 1 unspecified atom stereocenters. The van der Waals surface area contributed by atoms with Crippen molar-refractivity contribution in [1.82, 2.24) is 0 Å². The molecule has 0 amide bonds. The van der Waals surface area contributed by atoms with E-state index in [1.54, 1.807) is 6.07 Å². The van der Waals surface area contributed by atoms with Gasteiger partial charge < -0.3 is 5.11 Å². The van der Waals surface area contributed by atoms with Crippen LogP contribution in [0, 0.1) is 5.92 Å². The van der Waals surface area contributed by atoms with Crippen molar-refractivity contribution in [3.63, 3.8) is 0 Å². The van der Waals surface area contributed by atoms with Crippen molar-refractivity contribution in [2.24, 2.45) is 5.92 Å². The van der Waals surface area contributed by atoms with Crippen LogP contribution in [0.1, 0.15) is 18.9 Å². The summed E-state index contributed by atoms with van der Waals surface area (Å²) in [6.07, 6.45) is 2.20. The zero-order valence-electron chi connectivity index (χ0n) is 7.83. The largest absolute Gasteiger partial charge is 0.508 e. The van der Waals surface area contributed by atoms with Gasteiger partial charge in [0.25, 0.3) is 0 Å². The molecule has 0 heterocycles. The molecule has 0 aliphatic heterocycles. The number of aromatic hydroxyl groups is 1. The van der Waals surface area contributed by atoms with E-state index >= 15 is 0 Å². The molecule has 0 aliphatic carbocycles. The molecule has 1 aromatic rings. The molecule has 1 aromatic carbocycles. The molecule has 2 heteroatoms. The first-order valence-electron chi connectivity index (χ1n) is 4.56. The van der Waals surface area contributed by atoms with Gasteiger partial charge in [-0.25, -0.2) is 0 Å². The highest BCUT2D eigenvalue weighted by atomic mass is 79.9. The highest BCUT2D eigenvalue weighted by Gasteiger charge is 2.00. The summed E-state index contributed by atoms with van der Waals surface area (Å²) in [6.45, 7) is 2.22. The Morgan fingerprint density at radius 3 is 2.85 bits per heavy atom. The lowest BCUT2D eigenvalue weighted by Crippen LogP contribution is -1.97. The first-order valence-corrected chi connectivity index (χ1v) is 5.68. The van der Waals surface area contributed by atoms with E-state index in [9.17, 15) is 5.11 Å². The third-order valence-electron chi connectivity index (χ3n) is 2.10. The Morgan fingerprint density at radius 2 is 2.23 bits per heavy atom. The Balaban J connectivity index is 2.45. The van der Waals surface area contributed by atoms with Gasteiger partial charge in [0.1, 0.15) is 5.75 Å². The minimum absolute atomic E-state index is 0.365. The molecule has 13 heavy (non-hydrogen) atoms. The van der Waals surface area contributed by atoms with Crippen LogP contribution in [-0.2, 0) is 6.42 Å². The first kappa shape index (κ1) is 10.6. The number of phenolic OH excluding ortho intramolecular Hbond substituents is 1. The second kappa shape index (κ2) is 5.28. The number of alkyl halides is 1. The number of benzene rings is 1. The Labute approximate surface area is 87.9 Å². The van der Waals surface area contributed by atoms with E-state index in [0.717, 1.165) is 18.2 Å². The molecule has 0 aliphatic rings. The molecule has 1 nitrogen and oxygen atoms in total. The van der Waals surface area contributed by atoms with Crippen LogP contribution in [0.3, 0.4) is 0 Å². The second-order valence-electron chi connectivity index (χ2n) is 3.47. The molecule has 1 rings (SSSR count). The summed E-state index contributed by atoms with van der Waals surface area (Å²) >= 11 is 3.45. The molecule has 1 N–H and O–H groups in total. The molecule has 0 spiro atoms. The number of hydrogen-bond acceptors (Lipinski definition) is 1. The van der Waals surface area contributed by atoms with Crippen LogP contribution in [0.5, 0.6) is 5.75 Å². The van der Waals surface area contributed by atoms with Crippen LogP contribution >= 0.6 is 15.9 Å². The molecular formula is C11H15BrO. The van der Waals surface area contributed by atoms with Gasteiger partial charge in [0.15, 0.2) is 0 Å². The van der Waals surface area contributed by atoms with E-state index in [0.29, 0.717) is 11.7 Å². The normalized spacial score (nSPS) is 12.8. The Morgan fingerprint density at radius 1 is 1.46 bits per heavy atom. The van der Waals surface area contributed by atoms with Crippen LogP contribution in [0.4, 0.5) is 0 Å². The molecule has 0 bridgehead atoms. The van der Waals surface area contributed by atoms with Crippen LogP contribution in [0.25, 0.3) is 0 Å². The molecule has 1 atom stereocenters. The van der Waals surface area contributed by atoms with Crippen molar-refractivity contribution < 1.29 is 5.11 Å². The standard InChI is InChI=1S/C11H15BrO/c1-9(8-12)5-6-10-3-2-4-11(13)7-10/h2-4,7,9,13H,5-6,8H2,1H3. The van der Waals surface area contributed by atoms with Gasteiger partial charge in [-0.1, -0.05) is 35.0 Å². The molecule has 0 fully saturated rings. The summed E-state index contributed by atoms with van der Waals surface area (Å²) in [7, 11) is 0. The van der Waals surface area contributed by atoms with Crippen molar-refractivity contribution in [2.45, 2.75) is 19.8 Å². The van der Waals surface area contributed by atoms with Crippen LogP contribution in [0.15, 0.2) is 24.3 Å². The Bertz CT molecular complexity index is 260. The van der Waals surface area contributed by atoms with Crippen LogP contribution in [0.2, 0.25) is 0 Å². The fourth-order valence-electron chi connectivity index (χ4n) is 1.20. The van der Waals surface area contributed by atoms with Crippen molar-refractivity contribution in [2.75, 3.05) is 5.33 Å². The predicted molar refractivity (Wildman–Crippen MR) is 59.4 cm³/mol. The van der Waals surface area contributed by atoms with Crippen molar-refractivity contribution in [3.8, 4) is 5.75 Å². The van der Waals surface area contributed by atoms with Gasteiger partial charge >= 0.3 is 0 Å². The van der Waals surface area contributed by atoms with E-state index in [-0.39, 0.29) is 0 Å². The average Bonchev–Trinajstić information content (AvgIpc) is 2.14. The summed E-state index contributed by atoms with van der Waals surface area (Å²) in [5.41, 5.74) is 1.22. The Hall–Kier alpha value is -0.500. The van der Waals surface area contributed by atoms with Crippen LogP contribution < -0.4 is 0 Å². The lowest BCUT2D eigenvalue weighted by atomic mass is 10.0. The zero-order valence-corrected chi connectivity index (χ0v) is 9.42. The highest BCUT2D eigenvalue weighted by Crippen LogP contribution is 2.15. The van der Waals surface area contributed by atoms with E-state index in [4.69, 9.17) is 0 Å². The summed E-state index contributed by atoms with van der Waals surface area (Å²) in [5, 5.41) is 10.3. The zero-order chi connectivity index (χ0) is 9.68. The van der Waals surface area contributed by atoms with Gasteiger partial charge in [0, 0.05) is 5.33 Å². The maximum atomic E-state index is 9.23. The van der Waals surface area contributed by atoms with Crippen molar-refractivity contribution in [3.05, 3.63) is 29.8 Å². The van der Waals surface area contributed by atoms with Crippen LogP contribution in [-0.4, -0.2) is 10.4 Å². The monoisotopic (exact) mass is 242 g/mol. The number of halogens is 1. The van der Waals surface area contributed by atoms with Crippen molar-refractivity contribution >= 4 is 15.9 Å². The highest BCUT2D eigenvalue weighted by molar-refractivity contribution is 9.09. The average molecular weight is 243 g/mol. The second-order valence-corrected chi connectivity index (χ2v) is 4.12. The molecular weight excluding hydrogens is 228 g/mol. The lowest BCUT2D eigenvalue weighted by molar-refractivity contribution is 0.474. The maximum absolute atomic E-state index is 9.23. The van der Waals surface area contributed by atoms with Gasteiger partial charge in [-0.05, 0) is 36.5 Å². The fraction of sp³-hybridized carbons (Fsp3) is 0.455. The van der Waals surface area contributed by atoms with Gasteiger partial charge in [-0.15, -0.1) is 0 Å². The summed E-state index contributed by atoms with van der Waals surface area (Å²) in [6, 6.07) is 7.49. The summed E-state index contributed by atoms with van der Waals surface area (Å²) in [4.78, 5) is 0. The smallest absolute Gasteiger partial charge is 0.115 e. The van der Waals surface area contributed by atoms with Gasteiger partial charge in [-0.3, -0.25) is 0 Å². The third kappa shape index (κ3) is 3.81. The topological polar surface area (TPSA) is 20.2 Å². The van der Waals surface area contributed by atoms with Gasteiger partial charge in [0.05, 0.1) is 0 Å². The maximum Gasteiger partial charge on any atom is 0.115 e. The quantitative estimate of drug-likeness (QED) is 0.804. The third-order valence-corrected chi connectivity index (χ3v) is 3.21. The van der Waals surface area contributed by atoms with E-state index in [2.05, 4.69) is 28.9 Å². The molecule has 0 saturated heterocycles. The minimum atomic E-state index is 0.365. The predicted octanol–water partition coefficient (Wildman–Crippen LogP) is 3.36. The molecule has 0 radical (unpaired) electrons. The van der Waals surface area contributed by atoms with E-state index in [1.165, 1.54) is 5.56 Å². The molecule has 0 saturated carbocycles. The first-order chi connectivity index (χ1) is 6.22. The van der Waals surface area contributed by atoms with E-state index in [1.807, 2.05) is 12.1 Å². The Kier molecular flexibility index (Phi) is 4.29. The lowest BCUT2D eigenvalue weighted by Gasteiger charge is -2.06. The summed E-state index contributed by atoms with van der Waals surface area (Å²) in [5.74, 6) is 1.06. The molecule has 72 valence electrons. The molecule has 0 aromatic heterocycles. The van der Waals surface area contributed by atoms with Gasteiger partial charge in [0.2, 0.25) is 0 Å². The minimum Gasteiger partial charge on any atom is -0.508 e. The van der Waals surface area contributed by atoms with Crippen molar-refractivity contribution in [1.29, 1.82) is 0 Å². The fourth-order valence-corrected chi connectivity index (χ4v) is 1.53. The summed E-state index contributed by atoms with van der Waals surface area (Å²) < 4.78 is 0. The van der Waals surface area contributed by atoms with Gasteiger partial charge in [-0.2, -0.15) is 0 Å². The number of phenols is 1. The number of rotatable bonds is 4. The number of aryl methyl sites for hydroxylation is 1. The SMILES string of the molecule is CC(CBr)CCc1cccc(O)c1. The number of hydrogen-bond donors (Lipinski definition) is 1.